The van der Waals surface area contributed by atoms with Crippen LogP contribution in [-0.2, 0) is 6.54 Å². The Hall–Kier alpha value is -1.70. The third-order valence-electron chi connectivity index (χ3n) is 2.97. The van der Waals surface area contributed by atoms with Gasteiger partial charge in [-0.05, 0) is 19.1 Å². The van der Waals surface area contributed by atoms with E-state index in [0.29, 0.717) is 16.3 Å². The molecule has 1 amide bonds. The van der Waals surface area contributed by atoms with Gasteiger partial charge in [-0.1, -0.05) is 6.07 Å². The van der Waals surface area contributed by atoms with E-state index in [9.17, 15) is 9.18 Å². The number of thiazole rings is 1. The lowest BCUT2D eigenvalue weighted by molar-refractivity contribution is 0.0934. The molecule has 0 radical (unpaired) electrons. The number of benzene rings is 1. The lowest BCUT2D eigenvalue weighted by atomic mass is 10.1. The van der Waals surface area contributed by atoms with Crippen molar-refractivity contribution in [3.05, 3.63) is 45.7 Å². The fourth-order valence-corrected chi connectivity index (χ4v) is 2.62. The number of methoxy groups -OCH3 is 1. The smallest absolute Gasteiger partial charge is 0.271 e. The van der Waals surface area contributed by atoms with E-state index in [4.69, 9.17) is 10.5 Å². The number of hydrogen-bond acceptors (Lipinski definition) is 5. The molecular formula is C14H17ClFN3O2S. The molecule has 0 aliphatic rings. The van der Waals surface area contributed by atoms with Gasteiger partial charge in [-0.15, -0.1) is 23.7 Å². The van der Waals surface area contributed by atoms with Crippen molar-refractivity contribution in [1.29, 1.82) is 0 Å². The molecule has 22 heavy (non-hydrogen) atoms. The van der Waals surface area contributed by atoms with Crippen LogP contribution in [0.25, 0.3) is 0 Å². The minimum atomic E-state index is -0.545. The molecule has 1 heterocycles. The second-order valence-electron chi connectivity index (χ2n) is 4.38. The molecule has 1 aromatic carbocycles. The standard InChI is InChI=1S/C14H16FN3O2S.ClH/c1-8(13-9(15)4-3-5-11(13)20-2)17-14(19)10-7-21-12(6-16)18-10;/h3-5,7-8H,6,16H2,1-2H3,(H,17,19);1H. The number of carbonyl (C=O) groups is 1. The Labute approximate surface area is 138 Å². The van der Waals surface area contributed by atoms with Gasteiger partial charge in [0.2, 0.25) is 0 Å². The Morgan fingerprint density at radius 3 is 2.86 bits per heavy atom. The first-order valence-electron chi connectivity index (χ1n) is 6.34. The summed E-state index contributed by atoms with van der Waals surface area (Å²) in [4.78, 5) is 16.2. The predicted octanol–water partition coefficient (Wildman–Crippen LogP) is 2.66. The van der Waals surface area contributed by atoms with Crippen LogP contribution in [0.5, 0.6) is 5.75 Å². The van der Waals surface area contributed by atoms with Crippen LogP contribution in [0.2, 0.25) is 0 Å². The molecule has 1 atom stereocenters. The highest BCUT2D eigenvalue weighted by molar-refractivity contribution is 7.09. The zero-order valence-electron chi connectivity index (χ0n) is 12.1. The maximum Gasteiger partial charge on any atom is 0.271 e. The summed E-state index contributed by atoms with van der Waals surface area (Å²) in [6, 6.07) is 3.99. The van der Waals surface area contributed by atoms with Gasteiger partial charge in [0.1, 0.15) is 22.3 Å². The van der Waals surface area contributed by atoms with Gasteiger partial charge in [-0.2, -0.15) is 0 Å². The van der Waals surface area contributed by atoms with E-state index in [-0.39, 0.29) is 30.6 Å². The van der Waals surface area contributed by atoms with Crippen molar-refractivity contribution in [1.82, 2.24) is 10.3 Å². The number of ether oxygens (including phenoxy) is 1. The van der Waals surface area contributed by atoms with Gasteiger partial charge in [0.05, 0.1) is 18.7 Å². The van der Waals surface area contributed by atoms with Crippen LogP contribution in [0.1, 0.15) is 34.0 Å². The topological polar surface area (TPSA) is 77.2 Å². The number of aromatic nitrogens is 1. The summed E-state index contributed by atoms with van der Waals surface area (Å²) in [5.41, 5.74) is 6.05. The van der Waals surface area contributed by atoms with Crippen molar-refractivity contribution in [3.8, 4) is 5.75 Å². The quantitative estimate of drug-likeness (QED) is 0.873. The highest BCUT2D eigenvalue weighted by atomic mass is 35.5. The molecule has 0 aliphatic heterocycles. The number of nitrogens with zero attached hydrogens (tertiary/aromatic N) is 1. The second-order valence-corrected chi connectivity index (χ2v) is 5.32. The maximum absolute atomic E-state index is 13.9. The molecule has 1 aromatic heterocycles. The summed E-state index contributed by atoms with van der Waals surface area (Å²) in [7, 11) is 1.46. The SMILES string of the molecule is COc1cccc(F)c1C(C)NC(=O)c1csc(CN)n1.Cl. The van der Waals surface area contributed by atoms with Crippen LogP contribution in [0.3, 0.4) is 0 Å². The first kappa shape index (κ1) is 18.3. The highest BCUT2D eigenvalue weighted by Gasteiger charge is 2.20. The van der Waals surface area contributed by atoms with Crippen LogP contribution in [-0.4, -0.2) is 18.0 Å². The molecule has 8 heteroatoms. The van der Waals surface area contributed by atoms with Crippen molar-refractivity contribution in [2.45, 2.75) is 19.5 Å². The lowest BCUT2D eigenvalue weighted by Gasteiger charge is -2.17. The van der Waals surface area contributed by atoms with Gasteiger partial charge in [-0.25, -0.2) is 9.37 Å². The number of carbonyl (C=O) groups excluding carboxylic acids is 1. The molecule has 5 nitrogen and oxygen atoms in total. The number of amides is 1. The summed E-state index contributed by atoms with van der Waals surface area (Å²) in [5.74, 6) is -0.407. The summed E-state index contributed by atoms with van der Waals surface area (Å²) in [6.07, 6.45) is 0. The minimum absolute atomic E-state index is 0. The van der Waals surface area contributed by atoms with Crippen LogP contribution < -0.4 is 15.8 Å². The number of nitrogens with two attached hydrogens (primary N) is 1. The van der Waals surface area contributed by atoms with Crippen molar-refractivity contribution >= 4 is 29.7 Å². The van der Waals surface area contributed by atoms with Crippen molar-refractivity contribution in [3.63, 3.8) is 0 Å². The van der Waals surface area contributed by atoms with Crippen LogP contribution in [0, 0.1) is 5.82 Å². The monoisotopic (exact) mass is 345 g/mol. The highest BCUT2D eigenvalue weighted by Crippen LogP contribution is 2.27. The van der Waals surface area contributed by atoms with E-state index < -0.39 is 11.9 Å². The average Bonchev–Trinajstić information content (AvgIpc) is 2.95. The maximum atomic E-state index is 13.9. The number of nitrogens with one attached hydrogen (secondary N) is 1. The Bertz CT molecular complexity index is 651. The summed E-state index contributed by atoms with van der Waals surface area (Å²) in [5, 5.41) is 5.01. The lowest BCUT2D eigenvalue weighted by Crippen LogP contribution is -2.28. The normalized spacial score (nSPS) is 11.5. The minimum Gasteiger partial charge on any atom is -0.496 e. The molecule has 0 saturated carbocycles. The van der Waals surface area contributed by atoms with E-state index in [0.717, 1.165) is 0 Å². The van der Waals surface area contributed by atoms with Gasteiger partial charge in [0.15, 0.2) is 0 Å². The summed E-state index contributed by atoms with van der Waals surface area (Å²) in [6.45, 7) is 1.98. The number of rotatable bonds is 5. The summed E-state index contributed by atoms with van der Waals surface area (Å²) < 4.78 is 19.1. The molecule has 0 fully saturated rings. The summed E-state index contributed by atoms with van der Waals surface area (Å²) >= 11 is 1.32. The van der Waals surface area contributed by atoms with Crippen LogP contribution in [0.4, 0.5) is 4.39 Å². The van der Waals surface area contributed by atoms with Crippen LogP contribution >= 0.6 is 23.7 Å². The molecule has 0 spiro atoms. The average molecular weight is 346 g/mol. The largest absolute Gasteiger partial charge is 0.496 e. The molecule has 0 bridgehead atoms. The molecule has 0 aliphatic carbocycles. The molecule has 2 aromatic rings. The first-order chi connectivity index (χ1) is 10.1. The first-order valence-corrected chi connectivity index (χ1v) is 7.22. The van der Waals surface area contributed by atoms with E-state index in [1.807, 2.05) is 0 Å². The fraction of sp³-hybridized carbons (Fsp3) is 0.286. The zero-order valence-corrected chi connectivity index (χ0v) is 13.8. The molecule has 3 N–H and O–H groups in total. The van der Waals surface area contributed by atoms with Crippen molar-refractivity contribution in [2.75, 3.05) is 7.11 Å². The molecule has 2 rings (SSSR count). The van der Waals surface area contributed by atoms with E-state index in [1.165, 1.54) is 24.5 Å². The van der Waals surface area contributed by atoms with Crippen molar-refractivity contribution < 1.29 is 13.9 Å². The third-order valence-corrected chi connectivity index (χ3v) is 3.84. The van der Waals surface area contributed by atoms with E-state index in [2.05, 4.69) is 10.3 Å². The zero-order chi connectivity index (χ0) is 15.4. The fourth-order valence-electron chi connectivity index (χ4n) is 1.97. The third kappa shape index (κ3) is 3.94. The second kappa shape index (κ2) is 8.07. The Morgan fingerprint density at radius 2 is 2.27 bits per heavy atom. The van der Waals surface area contributed by atoms with Gasteiger partial charge in [-0.3, -0.25) is 4.79 Å². The van der Waals surface area contributed by atoms with Crippen molar-refractivity contribution in [2.24, 2.45) is 5.73 Å². The number of hydrogen-bond donors (Lipinski definition) is 2. The van der Waals surface area contributed by atoms with Gasteiger partial charge >= 0.3 is 0 Å². The Morgan fingerprint density at radius 1 is 1.55 bits per heavy atom. The molecular weight excluding hydrogens is 329 g/mol. The van der Waals surface area contributed by atoms with Gasteiger partial charge in [0, 0.05) is 11.9 Å². The molecule has 0 saturated heterocycles. The van der Waals surface area contributed by atoms with E-state index >= 15 is 0 Å². The van der Waals surface area contributed by atoms with E-state index in [1.54, 1.807) is 24.4 Å². The van der Waals surface area contributed by atoms with Gasteiger partial charge < -0.3 is 15.8 Å². The van der Waals surface area contributed by atoms with Gasteiger partial charge in [0.25, 0.3) is 5.91 Å². The Balaban J connectivity index is 0.00000242. The predicted molar refractivity (Wildman–Crippen MR) is 86.1 cm³/mol. The Kier molecular flexibility index (Phi) is 6.73. The number of halogens is 2. The van der Waals surface area contributed by atoms with Crippen LogP contribution in [0.15, 0.2) is 23.6 Å². The molecule has 1 unspecified atom stereocenters. The molecule has 120 valence electrons.